The van der Waals surface area contributed by atoms with Crippen molar-refractivity contribution in [3.8, 4) is 11.1 Å². The van der Waals surface area contributed by atoms with Crippen molar-refractivity contribution in [3.63, 3.8) is 0 Å². The number of aliphatic hydroxyl groups excluding tert-OH is 2. The summed E-state index contributed by atoms with van der Waals surface area (Å²) in [6.07, 6.45) is 0.335. The van der Waals surface area contributed by atoms with Gasteiger partial charge in [0.1, 0.15) is 6.54 Å². The lowest BCUT2D eigenvalue weighted by molar-refractivity contribution is -0.252. The number of carbonyl (C=O) groups is 2. The van der Waals surface area contributed by atoms with Gasteiger partial charge in [0.25, 0.3) is 0 Å². The van der Waals surface area contributed by atoms with Gasteiger partial charge in [-0.1, -0.05) is 72.8 Å². The summed E-state index contributed by atoms with van der Waals surface area (Å²) < 4.78 is 17.8. The number of rotatable bonds is 11. The molecule has 0 aliphatic carbocycles. The first-order chi connectivity index (χ1) is 21.4. The lowest BCUT2D eigenvalue weighted by Crippen LogP contribution is -2.38. The zero-order chi connectivity index (χ0) is 30.9. The van der Waals surface area contributed by atoms with E-state index >= 15 is 0 Å². The van der Waals surface area contributed by atoms with Crippen LogP contribution in [0.5, 0.6) is 0 Å². The molecule has 44 heavy (non-hydrogen) atoms. The Hall–Kier alpha value is -3.80. The fourth-order valence-electron chi connectivity index (χ4n) is 5.68. The van der Waals surface area contributed by atoms with E-state index in [1.165, 1.54) is 0 Å². The maximum absolute atomic E-state index is 12.2. The molecule has 2 saturated heterocycles. The van der Waals surface area contributed by atoms with Crippen LogP contribution in [0.25, 0.3) is 11.1 Å². The summed E-state index contributed by atoms with van der Waals surface area (Å²) in [4.78, 5) is 26.0. The van der Waals surface area contributed by atoms with Crippen LogP contribution in [0.15, 0.2) is 72.8 Å². The minimum atomic E-state index is -0.571. The summed E-state index contributed by atoms with van der Waals surface area (Å²) in [5.41, 5.74) is 5.66. The molecule has 0 radical (unpaired) electrons. The minimum Gasteiger partial charge on any atom is -0.465 e. The molecule has 2 aliphatic rings. The Balaban J connectivity index is 1.28. The van der Waals surface area contributed by atoms with Crippen molar-refractivity contribution < 1.29 is 34.0 Å². The zero-order valence-corrected chi connectivity index (χ0v) is 25.0. The number of carbonyl (C=O) groups excluding carboxylic acids is 2. The molecule has 2 aliphatic heterocycles. The lowest BCUT2D eigenvalue weighted by Gasteiger charge is -2.38. The van der Waals surface area contributed by atoms with Gasteiger partial charge in [0.05, 0.1) is 31.5 Å². The molecule has 3 aromatic rings. The molecule has 0 spiro atoms. The number of esters is 1. The van der Waals surface area contributed by atoms with Crippen molar-refractivity contribution in [2.45, 2.75) is 57.5 Å². The predicted molar refractivity (Wildman–Crippen MR) is 164 cm³/mol. The van der Waals surface area contributed by atoms with Gasteiger partial charge in [-0.15, -0.1) is 0 Å². The van der Waals surface area contributed by atoms with E-state index in [9.17, 15) is 19.8 Å². The Labute approximate surface area is 257 Å². The van der Waals surface area contributed by atoms with E-state index < -0.39 is 18.3 Å². The third kappa shape index (κ3) is 8.43. The van der Waals surface area contributed by atoms with E-state index in [1.54, 1.807) is 6.92 Å². The van der Waals surface area contributed by atoms with Crippen LogP contribution in [-0.2, 0) is 32.2 Å². The van der Waals surface area contributed by atoms with Crippen LogP contribution in [0.1, 0.15) is 54.4 Å². The normalized spacial score (nSPS) is 22.0. The van der Waals surface area contributed by atoms with Crippen LogP contribution in [0.2, 0.25) is 0 Å². The van der Waals surface area contributed by atoms with Crippen molar-refractivity contribution in [1.82, 2.24) is 15.5 Å². The van der Waals surface area contributed by atoms with Crippen molar-refractivity contribution in [2.24, 2.45) is 0 Å². The molecule has 4 atom stereocenters. The van der Waals surface area contributed by atoms with Gasteiger partial charge in [0.15, 0.2) is 6.29 Å². The molecule has 10 nitrogen and oxygen atoms in total. The molecule has 2 amide bonds. The standard InChI is InChI=1S/C34H41N3O7/c1-2-42-32(40)19-36-34(41)35-18-27-5-3-4-6-30(27)24-11-13-26(14-12-24)33-43-29(21-37-16-15-28(39)20-37)17-31(44-33)25-9-7-23(22-38)8-10-25/h3-14,28-29,31,33,38-39H,2,15-22H2,1H3,(H2,35,36,41). The number of hydrogen-bond acceptors (Lipinski definition) is 8. The second kappa shape index (κ2) is 15.3. The van der Waals surface area contributed by atoms with Crippen molar-refractivity contribution in [3.05, 3.63) is 95.1 Å². The summed E-state index contributed by atoms with van der Waals surface area (Å²) in [5.74, 6) is -0.485. The average Bonchev–Trinajstić information content (AvgIpc) is 3.47. The van der Waals surface area contributed by atoms with Gasteiger partial charge < -0.3 is 35.1 Å². The van der Waals surface area contributed by atoms with E-state index in [2.05, 4.69) is 15.5 Å². The molecular weight excluding hydrogens is 562 g/mol. The first kappa shape index (κ1) is 31.6. The monoisotopic (exact) mass is 603 g/mol. The number of β-amino-alcohol motifs (C(OH)–C–C–N with tert-alkyl or cyclic N) is 1. The van der Waals surface area contributed by atoms with Crippen LogP contribution in [0, 0.1) is 0 Å². The van der Waals surface area contributed by atoms with Gasteiger partial charge in [0.2, 0.25) is 0 Å². The Kier molecular flexibility index (Phi) is 11.0. The van der Waals surface area contributed by atoms with Crippen LogP contribution >= 0.6 is 0 Å². The minimum absolute atomic E-state index is 0.00826. The van der Waals surface area contributed by atoms with Gasteiger partial charge in [-0.2, -0.15) is 0 Å². The van der Waals surface area contributed by atoms with E-state index in [4.69, 9.17) is 14.2 Å². The molecule has 0 saturated carbocycles. The van der Waals surface area contributed by atoms with Crippen LogP contribution in [0.4, 0.5) is 4.79 Å². The van der Waals surface area contributed by atoms with Crippen LogP contribution in [-0.4, -0.2) is 72.1 Å². The largest absolute Gasteiger partial charge is 0.465 e. The summed E-state index contributed by atoms with van der Waals surface area (Å²) in [7, 11) is 0. The molecule has 2 fully saturated rings. The van der Waals surface area contributed by atoms with Crippen molar-refractivity contribution in [1.29, 1.82) is 0 Å². The quantitative estimate of drug-likeness (QED) is 0.244. The molecule has 3 aromatic carbocycles. The summed E-state index contributed by atoms with van der Waals surface area (Å²) >= 11 is 0. The molecule has 4 N–H and O–H groups in total. The molecule has 5 rings (SSSR count). The Morgan fingerprint density at radius 2 is 1.73 bits per heavy atom. The van der Waals surface area contributed by atoms with Crippen LogP contribution < -0.4 is 10.6 Å². The van der Waals surface area contributed by atoms with Crippen LogP contribution in [0.3, 0.4) is 0 Å². The third-order valence-corrected chi connectivity index (χ3v) is 7.97. The highest BCUT2D eigenvalue weighted by molar-refractivity contribution is 5.81. The Morgan fingerprint density at radius 3 is 2.43 bits per heavy atom. The number of benzene rings is 3. The molecule has 2 heterocycles. The highest BCUT2D eigenvalue weighted by atomic mass is 16.7. The maximum Gasteiger partial charge on any atom is 0.325 e. The topological polar surface area (TPSA) is 130 Å². The molecule has 4 unspecified atom stereocenters. The number of urea groups is 1. The fourth-order valence-corrected chi connectivity index (χ4v) is 5.68. The number of hydrogen-bond donors (Lipinski definition) is 4. The summed E-state index contributed by atoms with van der Waals surface area (Å²) in [5, 5.41) is 24.8. The van der Waals surface area contributed by atoms with Gasteiger partial charge in [-0.25, -0.2) is 4.79 Å². The van der Waals surface area contributed by atoms with E-state index in [-0.39, 0.29) is 44.6 Å². The van der Waals surface area contributed by atoms with Crippen molar-refractivity contribution in [2.75, 3.05) is 32.8 Å². The van der Waals surface area contributed by atoms with Gasteiger partial charge in [0, 0.05) is 38.2 Å². The third-order valence-electron chi connectivity index (χ3n) is 7.97. The fraction of sp³-hybridized carbons (Fsp3) is 0.412. The maximum atomic E-state index is 12.2. The van der Waals surface area contributed by atoms with Crippen molar-refractivity contribution >= 4 is 12.0 Å². The second-order valence-corrected chi connectivity index (χ2v) is 11.2. The number of likely N-dealkylation sites (tertiary alicyclic amines) is 1. The number of ether oxygens (including phenoxy) is 3. The SMILES string of the molecule is CCOC(=O)CNC(=O)NCc1ccccc1-c1ccc(C2OC(CN3CCC(O)C3)CC(c3ccc(CO)cc3)O2)cc1. The molecule has 10 heteroatoms. The van der Waals surface area contributed by atoms with E-state index in [0.29, 0.717) is 19.5 Å². The first-order valence-electron chi connectivity index (χ1n) is 15.2. The van der Waals surface area contributed by atoms with E-state index in [1.807, 2.05) is 72.8 Å². The average molecular weight is 604 g/mol. The van der Waals surface area contributed by atoms with Gasteiger partial charge in [-0.05, 0) is 41.2 Å². The van der Waals surface area contributed by atoms with E-state index in [0.717, 1.165) is 46.3 Å². The second-order valence-electron chi connectivity index (χ2n) is 11.2. The zero-order valence-electron chi connectivity index (χ0n) is 25.0. The highest BCUT2D eigenvalue weighted by Gasteiger charge is 2.34. The smallest absolute Gasteiger partial charge is 0.325 e. The highest BCUT2D eigenvalue weighted by Crippen LogP contribution is 2.39. The first-order valence-corrected chi connectivity index (χ1v) is 15.2. The van der Waals surface area contributed by atoms with Gasteiger partial charge in [-0.3, -0.25) is 9.69 Å². The number of nitrogens with zero attached hydrogens (tertiary/aromatic N) is 1. The number of aliphatic hydroxyl groups is 2. The molecular formula is C34H41N3O7. The molecule has 234 valence electrons. The number of amides is 2. The van der Waals surface area contributed by atoms with Gasteiger partial charge >= 0.3 is 12.0 Å². The predicted octanol–water partition coefficient (Wildman–Crippen LogP) is 3.82. The Bertz CT molecular complexity index is 1380. The molecule has 0 aromatic heterocycles. The summed E-state index contributed by atoms with van der Waals surface area (Å²) in [6, 6.07) is 23.3. The summed E-state index contributed by atoms with van der Waals surface area (Å²) in [6.45, 7) is 4.27. The lowest BCUT2D eigenvalue weighted by atomic mass is 9.97. The number of nitrogens with one attached hydrogen (secondary N) is 2. The Morgan fingerprint density at radius 1 is 0.977 bits per heavy atom. The molecule has 0 bridgehead atoms.